The van der Waals surface area contributed by atoms with E-state index in [1.807, 2.05) is 24.4 Å². The number of nitriles is 1. The number of aromatic amines is 1. The first kappa shape index (κ1) is 15.3. The summed E-state index contributed by atoms with van der Waals surface area (Å²) in [5, 5.41) is 14.2. The van der Waals surface area contributed by atoms with Crippen LogP contribution in [0.15, 0.2) is 42.6 Å². The fourth-order valence-corrected chi connectivity index (χ4v) is 5.00. The van der Waals surface area contributed by atoms with Gasteiger partial charge < -0.3 is 15.0 Å². The molecule has 0 radical (unpaired) electrons. The van der Waals surface area contributed by atoms with Crippen molar-refractivity contribution in [2.45, 2.75) is 31.2 Å². The number of hydrogen-bond acceptors (Lipinski definition) is 3. The second-order valence-corrected chi connectivity index (χ2v) is 7.36. The third-order valence-corrected chi connectivity index (χ3v) is 6.18. The van der Waals surface area contributed by atoms with Crippen LogP contribution in [-0.4, -0.2) is 12.1 Å². The van der Waals surface area contributed by atoms with E-state index in [0.717, 1.165) is 22.2 Å². The molecule has 3 aromatic rings. The van der Waals surface area contributed by atoms with Crippen LogP contribution in [0.1, 0.15) is 47.9 Å². The van der Waals surface area contributed by atoms with Crippen molar-refractivity contribution in [1.82, 2.24) is 4.98 Å². The Bertz CT molecular complexity index is 1030. The lowest BCUT2D eigenvalue weighted by atomic mass is 9.77. The van der Waals surface area contributed by atoms with E-state index in [0.29, 0.717) is 11.8 Å². The molecule has 0 spiro atoms. The number of rotatable bonds is 2. The summed E-state index contributed by atoms with van der Waals surface area (Å²) in [5.41, 5.74) is 5.68. The SMILES string of the molecule is COc1ccc2c(c1)[C@@H]1CCC[C@@H]1[C@H](c1ccc(C#N)c3cc[nH]c13)N2. The van der Waals surface area contributed by atoms with Crippen LogP contribution in [0.25, 0.3) is 10.9 Å². The molecule has 1 aliphatic carbocycles. The van der Waals surface area contributed by atoms with Gasteiger partial charge in [0.25, 0.3) is 0 Å². The summed E-state index contributed by atoms with van der Waals surface area (Å²) in [6.07, 6.45) is 5.64. The molecule has 0 bridgehead atoms. The zero-order valence-corrected chi connectivity index (χ0v) is 14.8. The molecule has 1 aromatic heterocycles. The average Bonchev–Trinajstić information content (AvgIpc) is 3.36. The first-order valence-corrected chi connectivity index (χ1v) is 9.24. The fourth-order valence-electron chi connectivity index (χ4n) is 5.00. The molecule has 1 aliphatic heterocycles. The van der Waals surface area contributed by atoms with Crippen molar-refractivity contribution in [3.63, 3.8) is 0 Å². The van der Waals surface area contributed by atoms with Gasteiger partial charge in [0.15, 0.2) is 0 Å². The number of benzene rings is 2. The average molecular weight is 343 g/mol. The predicted molar refractivity (Wildman–Crippen MR) is 102 cm³/mol. The Balaban J connectivity index is 1.65. The van der Waals surface area contributed by atoms with Gasteiger partial charge >= 0.3 is 0 Å². The molecule has 4 heteroatoms. The minimum absolute atomic E-state index is 0.261. The number of nitrogens with one attached hydrogen (secondary N) is 2. The highest BCUT2D eigenvalue weighted by molar-refractivity contribution is 5.89. The molecule has 5 rings (SSSR count). The summed E-state index contributed by atoms with van der Waals surface area (Å²) in [6.45, 7) is 0. The number of aromatic nitrogens is 1. The lowest BCUT2D eigenvalue weighted by Gasteiger charge is -2.38. The molecule has 4 nitrogen and oxygen atoms in total. The third-order valence-electron chi connectivity index (χ3n) is 6.18. The van der Waals surface area contributed by atoms with Gasteiger partial charge in [-0.3, -0.25) is 0 Å². The van der Waals surface area contributed by atoms with Gasteiger partial charge in [0.1, 0.15) is 5.75 Å². The van der Waals surface area contributed by atoms with Gasteiger partial charge in [-0.1, -0.05) is 12.5 Å². The minimum Gasteiger partial charge on any atom is -0.497 e. The number of H-pyrrole nitrogens is 1. The standard InChI is InChI=1S/C22H21N3O/c1-26-14-6-8-20-19(11-14)16-3-2-4-17(16)22(25-20)18-7-5-13(12-23)15-9-10-24-21(15)18/h5-11,16-17,22,24-25H,2-4H2,1H3/t16-,17+,22-/m1/s1. The first-order chi connectivity index (χ1) is 12.8. The Hall–Kier alpha value is -2.93. The summed E-state index contributed by atoms with van der Waals surface area (Å²) in [6, 6.07) is 15.0. The molecule has 1 fully saturated rings. The van der Waals surface area contributed by atoms with Crippen molar-refractivity contribution < 1.29 is 4.74 Å². The van der Waals surface area contributed by atoms with Gasteiger partial charge in [-0.15, -0.1) is 0 Å². The molecule has 0 amide bonds. The quantitative estimate of drug-likeness (QED) is 0.680. The maximum atomic E-state index is 9.39. The Labute approximate surface area is 152 Å². The van der Waals surface area contributed by atoms with Crippen LogP contribution in [0.3, 0.4) is 0 Å². The lowest BCUT2D eigenvalue weighted by molar-refractivity contribution is 0.396. The van der Waals surface area contributed by atoms with Gasteiger partial charge in [0, 0.05) is 17.3 Å². The number of anilines is 1. The highest BCUT2D eigenvalue weighted by Gasteiger charge is 2.41. The van der Waals surface area contributed by atoms with Crippen molar-refractivity contribution in [3.05, 3.63) is 59.3 Å². The van der Waals surface area contributed by atoms with Gasteiger partial charge in [-0.2, -0.15) is 5.26 Å². The monoisotopic (exact) mass is 343 g/mol. The lowest BCUT2D eigenvalue weighted by Crippen LogP contribution is -2.29. The smallest absolute Gasteiger partial charge is 0.119 e. The fraction of sp³-hybridized carbons (Fsp3) is 0.318. The number of fused-ring (bicyclic) bond motifs is 4. The van der Waals surface area contributed by atoms with E-state index in [1.165, 1.54) is 36.1 Å². The number of ether oxygens (including phenoxy) is 1. The largest absolute Gasteiger partial charge is 0.497 e. The van der Waals surface area contributed by atoms with Crippen molar-refractivity contribution >= 4 is 16.6 Å². The van der Waals surface area contributed by atoms with Crippen molar-refractivity contribution in [2.75, 3.05) is 12.4 Å². The Kier molecular flexibility index (Phi) is 3.43. The van der Waals surface area contributed by atoms with E-state index in [4.69, 9.17) is 4.74 Å². The van der Waals surface area contributed by atoms with E-state index in [-0.39, 0.29) is 6.04 Å². The zero-order valence-electron chi connectivity index (χ0n) is 14.8. The molecule has 1 saturated carbocycles. The van der Waals surface area contributed by atoms with Crippen LogP contribution in [0.2, 0.25) is 0 Å². The summed E-state index contributed by atoms with van der Waals surface area (Å²) in [5.74, 6) is 2.06. The Morgan fingerprint density at radius 1 is 1.12 bits per heavy atom. The van der Waals surface area contributed by atoms with Crippen LogP contribution >= 0.6 is 0 Å². The Morgan fingerprint density at radius 2 is 2.04 bits per heavy atom. The van der Waals surface area contributed by atoms with Crippen LogP contribution in [-0.2, 0) is 0 Å². The second-order valence-electron chi connectivity index (χ2n) is 7.36. The molecule has 0 unspecified atom stereocenters. The van der Waals surface area contributed by atoms with E-state index < -0.39 is 0 Å². The van der Waals surface area contributed by atoms with Crippen LogP contribution in [0, 0.1) is 17.2 Å². The zero-order chi connectivity index (χ0) is 17.7. The highest BCUT2D eigenvalue weighted by Crippen LogP contribution is 2.53. The Morgan fingerprint density at radius 3 is 2.88 bits per heavy atom. The van der Waals surface area contributed by atoms with Gasteiger partial charge in [-0.25, -0.2) is 0 Å². The molecule has 2 aliphatic rings. The molecule has 26 heavy (non-hydrogen) atoms. The van der Waals surface area contributed by atoms with E-state index in [2.05, 4.69) is 34.6 Å². The molecule has 2 aromatic carbocycles. The summed E-state index contributed by atoms with van der Waals surface area (Å²) >= 11 is 0. The van der Waals surface area contributed by atoms with E-state index >= 15 is 0 Å². The molecular weight excluding hydrogens is 322 g/mol. The summed E-state index contributed by atoms with van der Waals surface area (Å²) < 4.78 is 5.45. The topological polar surface area (TPSA) is 60.8 Å². The summed E-state index contributed by atoms with van der Waals surface area (Å²) in [4.78, 5) is 3.37. The van der Waals surface area contributed by atoms with Crippen molar-refractivity contribution in [3.8, 4) is 11.8 Å². The predicted octanol–water partition coefficient (Wildman–Crippen LogP) is 5.10. The molecule has 2 N–H and O–H groups in total. The molecule has 3 atom stereocenters. The van der Waals surface area contributed by atoms with Crippen LogP contribution in [0.4, 0.5) is 5.69 Å². The van der Waals surface area contributed by atoms with Gasteiger partial charge in [0.05, 0.1) is 30.3 Å². The molecular formula is C22H21N3O. The van der Waals surface area contributed by atoms with Crippen molar-refractivity contribution in [2.24, 2.45) is 5.92 Å². The molecule has 0 saturated heterocycles. The number of hydrogen-bond donors (Lipinski definition) is 2. The van der Waals surface area contributed by atoms with Crippen LogP contribution < -0.4 is 10.1 Å². The van der Waals surface area contributed by atoms with Gasteiger partial charge in [0.2, 0.25) is 0 Å². The molecule has 130 valence electrons. The van der Waals surface area contributed by atoms with E-state index in [9.17, 15) is 5.26 Å². The second kappa shape index (κ2) is 5.81. The normalized spacial score (nSPS) is 23.8. The maximum absolute atomic E-state index is 9.39. The first-order valence-electron chi connectivity index (χ1n) is 9.24. The van der Waals surface area contributed by atoms with Gasteiger partial charge in [-0.05, 0) is 66.1 Å². The molecule has 2 heterocycles. The third kappa shape index (κ3) is 2.13. The highest BCUT2D eigenvalue weighted by atomic mass is 16.5. The number of nitrogens with zero attached hydrogens (tertiary/aromatic N) is 1. The minimum atomic E-state index is 0.261. The van der Waals surface area contributed by atoms with Crippen molar-refractivity contribution in [1.29, 1.82) is 5.26 Å². The van der Waals surface area contributed by atoms with Crippen LogP contribution in [0.5, 0.6) is 5.75 Å². The summed E-state index contributed by atoms with van der Waals surface area (Å²) in [7, 11) is 1.73. The van der Waals surface area contributed by atoms with E-state index in [1.54, 1.807) is 7.11 Å². The maximum Gasteiger partial charge on any atom is 0.119 e. The number of methoxy groups -OCH3 is 1.